The summed E-state index contributed by atoms with van der Waals surface area (Å²) in [6, 6.07) is 20.1. The lowest BCUT2D eigenvalue weighted by atomic mass is 10.0. The molecule has 4 rings (SSSR count). The average Bonchev–Trinajstić information content (AvgIpc) is 2.96. The van der Waals surface area contributed by atoms with Crippen LogP contribution < -0.4 is 14.2 Å². The number of amides is 1. The van der Waals surface area contributed by atoms with Crippen molar-refractivity contribution in [2.75, 3.05) is 13.1 Å². The first kappa shape index (κ1) is 32.6. The van der Waals surface area contributed by atoms with E-state index < -0.39 is 11.6 Å². The Kier molecular flexibility index (Phi) is 11.1. The molecule has 1 heterocycles. The van der Waals surface area contributed by atoms with Gasteiger partial charge in [0.15, 0.2) is 5.78 Å². The molecule has 0 radical (unpaired) electrons. The number of likely N-dealkylation sites (tertiary alicyclic amines) is 1. The quantitative estimate of drug-likeness (QED) is 0.132. The monoisotopic (exact) mass is 619 g/mol. The minimum absolute atomic E-state index is 0.00940. The van der Waals surface area contributed by atoms with Gasteiger partial charge in [-0.3, -0.25) is 9.59 Å². The molecule has 0 spiro atoms. The SMILES string of the molecule is CC(=O)Oc1cc(/C=C/C(=O)Cc2ccccc2COc2cccc(OC3CCN(C(=O)OC(C)(C)C)CC3)c2)ccc1Cl. The Balaban J connectivity index is 1.30. The summed E-state index contributed by atoms with van der Waals surface area (Å²) in [5.41, 5.74) is 1.93. The minimum atomic E-state index is -0.519. The third-order valence-electron chi connectivity index (χ3n) is 6.75. The van der Waals surface area contributed by atoms with Crippen LogP contribution in [-0.2, 0) is 27.4 Å². The maximum absolute atomic E-state index is 12.8. The van der Waals surface area contributed by atoms with Gasteiger partial charge in [-0.15, -0.1) is 0 Å². The van der Waals surface area contributed by atoms with Crippen LogP contribution in [0.25, 0.3) is 6.08 Å². The molecule has 0 atom stereocenters. The predicted molar refractivity (Wildman–Crippen MR) is 169 cm³/mol. The van der Waals surface area contributed by atoms with E-state index in [2.05, 4.69) is 0 Å². The number of benzene rings is 3. The Bertz CT molecular complexity index is 1500. The second kappa shape index (κ2) is 14.9. The molecule has 0 N–H and O–H groups in total. The molecule has 1 aliphatic rings. The third-order valence-corrected chi connectivity index (χ3v) is 7.06. The summed E-state index contributed by atoms with van der Waals surface area (Å²) in [6.07, 6.45) is 4.49. The minimum Gasteiger partial charge on any atom is -0.490 e. The highest BCUT2D eigenvalue weighted by Gasteiger charge is 2.27. The molecule has 1 saturated heterocycles. The number of rotatable bonds is 10. The standard InChI is InChI=1S/C35H38ClNO7/c1-24(38)42-33-20-25(13-15-32(33)36)12-14-28(39)21-26-8-5-6-9-27(26)23-41-30-10-7-11-31(22-30)43-29-16-18-37(19-17-29)34(40)44-35(2,3)4/h5-15,20,22,29H,16-19,21,23H2,1-4H3/b14-12+. The number of halogens is 1. The van der Waals surface area contributed by atoms with E-state index in [1.165, 1.54) is 13.0 Å². The summed E-state index contributed by atoms with van der Waals surface area (Å²) in [5, 5.41) is 0.315. The summed E-state index contributed by atoms with van der Waals surface area (Å²) in [5.74, 6) is 1.04. The van der Waals surface area contributed by atoms with Crippen LogP contribution >= 0.6 is 11.6 Å². The van der Waals surface area contributed by atoms with E-state index in [1.54, 1.807) is 29.2 Å². The van der Waals surface area contributed by atoms with E-state index in [0.29, 0.717) is 48.0 Å². The number of esters is 1. The summed E-state index contributed by atoms with van der Waals surface area (Å²) in [4.78, 5) is 38.2. The molecular formula is C35H38ClNO7. The molecule has 1 fully saturated rings. The highest BCUT2D eigenvalue weighted by Crippen LogP contribution is 2.27. The Labute approximate surface area is 263 Å². The van der Waals surface area contributed by atoms with Gasteiger partial charge in [-0.2, -0.15) is 0 Å². The fraction of sp³-hybridized carbons (Fsp3) is 0.343. The molecule has 0 unspecified atom stereocenters. The van der Waals surface area contributed by atoms with Gasteiger partial charge in [0, 0.05) is 45.3 Å². The number of ether oxygens (including phenoxy) is 4. The summed E-state index contributed by atoms with van der Waals surface area (Å²) < 4.78 is 22.9. The number of carbonyl (C=O) groups excluding carboxylic acids is 3. The van der Waals surface area contributed by atoms with Crippen molar-refractivity contribution in [2.45, 2.75) is 65.3 Å². The van der Waals surface area contributed by atoms with E-state index in [1.807, 2.05) is 69.3 Å². The topological polar surface area (TPSA) is 91.4 Å². The fourth-order valence-electron chi connectivity index (χ4n) is 4.64. The molecule has 0 bridgehead atoms. The third kappa shape index (κ3) is 10.2. The summed E-state index contributed by atoms with van der Waals surface area (Å²) in [7, 11) is 0. The molecule has 9 heteroatoms. The van der Waals surface area contributed by atoms with Crippen LogP contribution in [0.3, 0.4) is 0 Å². The number of piperidine rings is 1. The average molecular weight is 620 g/mol. The van der Waals surface area contributed by atoms with Crippen molar-refractivity contribution >= 4 is 35.5 Å². The van der Waals surface area contributed by atoms with Crippen molar-refractivity contribution in [2.24, 2.45) is 0 Å². The number of hydrogen-bond acceptors (Lipinski definition) is 7. The maximum atomic E-state index is 12.8. The van der Waals surface area contributed by atoms with Crippen molar-refractivity contribution in [1.29, 1.82) is 0 Å². The lowest BCUT2D eigenvalue weighted by molar-refractivity contribution is -0.131. The highest BCUT2D eigenvalue weighted by atomic mass is 35.5. The predicted octanol–water partition coefficient (Wildman–Crippen LogP) is 7.45. The van der Waals surface area contributed by atoms with Gasteiger partial charge in [0.1, 0.15) is 35.6 Å². The van der Waals surface area contributed by atoms with Crippen molar-refractivity contribution in [1.82, 2.24) is 4.90 Å². The lowest BCUT2D eigenvalue weighted by Gasteiger charge is -2.33. The van der Waals surface area contributed by atoms with Gasteiger partial charge in [0.25, 0.3) is 0 Å². The van der Waals surface area contributed by atoms with Crippen LogP contribution in [0.2, 0.25) is 5.02 Å². The van der Waals surface area contributed by atoms with E-state index in [0.717, 1.165) is 11.1 Å². The van der Waals surface area contributed by atoms with Crippen molar-refractivity contribution in [3.8, 4) is 17.2 Å². The Hall–Kier alpha value is -4.30. The van der Waals surface area contributed by atoms with E-state index in [4.69, 9.17) is 30.5 Å². The van der Waals surface area contributed by atoms with Gasteiger partial charge in [-0.25, -0.2) is 4.79 Å². The van der Waals surface area contributed by atoms with E-state index in [-0.39, 0.29) is 36.8 Å². The first-order chi connectivity index (χ1) is 20.9. The molecule has 44 heavy (non-hydrogen) atoms. The maximum Gasteiger partial charge on any atom is 0.410 e. The number of carbonyl (C=O) groups is 3. The van der Waals surface area contributed by atoms with Crippen LogP contribution in [0.4, 0.5) is 4.79 Å². The molecular weight excluding hydrogens is 582 g/mol. The van der Waals surface area contributed by atoms with E-state index in [9.17, 15) is 14.4 Å². The second-order valence-electron chi connectivity index (χ2n) is 11.6. The van der Waals surface area contributed by atoms with Crippen LogP contribution in [0.5, 0.6) is 17.2 Å². The number of nitrogens with zero attached hydrogens (tertiary/aromatic N) is 1. The Morgan fingerprint density at radius 2 is 1.64 bits per heavy atom. The number of hydrogen-bond donors (Lipinski definition) is 0. The fourth-order valence-corrected chi connectivity index (χ4v) is 4.79. The number of ketones is 1. The zero-order valence-corrected chi connectivity index (χ0v) is 26.3. The molecule has 1 aliphatic heterocycles. The van der Waals surface area contributed by atoms with Crippen molar-refractivity contribution in [3.05, 3.63) is 94.5 Å². The van der Waals surface area contributed by atoms with Crippen molar-refractivity contribution in [3.63, 3.8) is 0 Å². The molecule has 0 aliphatic carbocycles. The molecule has 3 aromatic carbocycles. The van der Waals surface area contributed by atoms with Gasteiger partial charge in [-0.05, 0) is 67.8 Å². The summed E-state index contributed by atoms with van der Waals surface area (Å²) >= 11 is 6.08. The Morgan fingerprint density at radius 1 is 0.932 bits per heavy atom. The first-order valence-corrected chi connectivity index (χ1v) is 15.0. The van der Waals surface area contributed by atoms with Crippen LogP contribution in [0, 0.1) is 0 Å². The second-order valence-corrected chi connectivity index (χ2v) is 12.0. The molecule has 0 saturated carbocycles. The molecule has 1 amide bonds. The van der Waals surface area contributed by atoms with Crippen molar-refractivity contribution < 1.29 is 33.3 Å². The molecule has 0 aromatic heterocycles. The zero-order chi connectivity index (χ0) is 31.7. The lowest BCUT2D eigenvalue weighted by Crippen LogP contribution is -2.44. The summed E-state index contributed by atoms with van der Waals surface area (Å²) in [6.45, 7) is 8.33. The molecule has 3 aromatic rings. The normalized spacial score (nSPS) is 13.9. The largest absolute Gasteiger partial charge is 0.490 e. The zero-order valence-electron chi connectivity index (χ0n) is 25.5. The number of allylic oxidation sites excluding steroid dienone is 1. The van der Waals surface area contributed by atoms with Gasteiger partial charge in [-0.1, -0.05) is 54.1 Å². The van der Waals surface area contributed by atoms with Crippen LogP contribution in [0.1, 0.15) is 57.2 Å². The smallest absolute Gasteiger partial charge is 0.410 e. The van der Waals surface area contributed by atoms with Crippen LogP contribution in [-0.4, -0.2) is 47.5 Å². The Morgan fingerprint density at radius 3 is 2.34 bits per heavy atom. The first-order valence-electron chi connectivity index (χ1n) is 14.6. The van der Waals surface area contributed by atoms with E-state index >= 15 is 0 Å². The molecule has 232 valence electrons. The van der Waals surface area contributed by atoms with Gasteiger partial charge < -0.3 is 23.8 Å². The van der Waals surface area contributed by atoms with Gasteiger partial charge in [0.05, 0.1) is 5.02 Å². The van der Waals surface area contributed by atoms with Gasteiger partial charge >= 0.3 is 12.1 Å². The van der Waals surface area contributed by atoms with Gasteiger partial charge in [0.2, 0.25) is 0 Å². The van der Waals surface area contributed by atoms with Crippen LogP contribution in [0.15, 0.2) is 72.8 Å². The highest BCUT2D eigenvalue weighted by molar-refractivity contribution is 6.32. The molecule has 8 nitrogen and oxygen atoms in total.